The number of nitrogens with zero attached hydrogens (tertiary/aromatic N) is 3. The van der Waals surface area contributed by atoms with Crippen molar-refractivity contribution in [2.45, 2.75) is 34.1 Å². The fourth-order valence-electron chi connectivity index (χ4n) is 2.53. The summed E-state index contributed by atoms with van der Waals surface area (Å²) in [5.41, 5.74) is 5.03. The molecule has 0 amide bonds. The second-order valence-electron chi connectivity index (χ2n) is 6.01. The van der Waals surface area contributed by atoms with Gasteiger partial charge in [0, 0.05) is 25.8 Å². The molecule has 0 N–H and O–H groups in total. The van der Waals surface area contributed by atoms with Crippen molar-refractivity contribution in [3.05, 3.63) is 59.8 Å². The predicted octanol–water partition coefficient (Wildman–Crippen LogP) is 5.27. The van der Waals surface area contributed by atoms with Crippen molar-refractivity contribution in [1.29, 1.82) is 5.26 Å². The van der Waals surface area contributed by atoms with Crippen LogP contribution in [0, 0.1) is 11.3 Å². The lowest BCUT2D eigenvalue weighted by molar-refractivity contribution is 0.803. The molecule has 0 bridgehead atoms. The number of allylic oxidation sites excluding steroid dienone is 4. The normalized spacial score (nSPS) is 13.9. The minimum Gasteiger partial charge on any atom is -0.371 e. The summed E-state index contributed by atoms with van der Waals surface area (Å²) in [4.78, 5) is 4.48. The van der Waals surface area contributed by atoms with E-state index in [4.69, 9.17) is 5.26 Å². The van der Waals surface area contributed by atoms with Crippen molar-refractivity contribution in [2.24, 2.45) is 0 Å². The standard InChI is InChI=1S/C18H21N3.C3H8/c1-5-6-16(11-14(2)3)21-10-9-20(4)17-8-7-15(13-19)12-18(17)21;1-3-2/h5-8,11-12H,2,9-10H2,1,3-4H3;3H2,1-2H3/b6-5-,16-11+;. The monoisotopic (exact) mass is 323 g/mol. The van der Waals surface area contributed by atoms with E-state index in [2.05, 4.69) is 55.5 Å². The smallest absolute Gasteiger partial charge is 0.0992 e. The molecule has 1 heterocycles. The Morgan fingerprint density at radius 2 is 1.96 bits per heavy atom. The highest BCUT2D eigenvalue weighted by Crippen LogP contribution is 2.35. The molecule has 0 radical (unpaired) electrons. The average molecular weight is 323 g/mol. The van der Waals surface area contributed by atoms with Gasteiger partial charge in [-0.25, -0.2) is 0 Å². The summed E-state index contributed by atoms with van der Waals surface area (Å²) < 4.78 is 0. The summed E-state index contributed by atoms with van der Waals surface area (Å²) in [6, 6.07) is 8.08. The van der Waals surface area contributed by atoms with Crippen LogP contribution in [0.4, 0.5) is 11.4 Å². The molecule has 0 saturated heterocycles. The molecule has 0 aliphatic carbocycles. The topological polar surface area (TPSA) is 30.3 Å². The molecule has 1 aromatic carbocycles. The van der Waals surface area contributed by atoms with E-state index in [9.17, 15) is 0 Å². The van der Waals surface area contributed by atoms with Crippen LogP contribution in [-0.4, -0.2) is 20.1 Å². The summed E-state index contributed by atoms with van der Waals surface area (Å²) in [7, 11) is 2.08. The van der Waals surface area contributed by atoms with Gasteiger partial charge in [-0.2, -0.15) is 5.26 Å². The third kappa shape index (κ3) is 5.03. The highest BCUT2D eigenvalue weighted by molar-refractivity contribution is 5.77. The molecular weight excluding hydrogens is 294 g/mol. The first-order chi connectivity index (χ1) is 11.5. The average Bonchev–Trinajstić information content (AvgIpc) is 2.55. The molecule has 3 heteroatoms. The van der Waals surface area contributed by atoms with Crippen LogP contribution in [0.5, 0.6) is 0 Å². The van der Waals surface area contributed by atoms with Gasteiger partial charge in [-0.05, 0) is 44.2 Å². The van der Waals surface area contributed by atoms with Crippen LogP contribution in [0.25, 0.3) is 0 Å². The van der Waals surface area contributed by atoms with E-state index in [1.807, 2.05) is 38.1 Å². The number of benzene rings is 1. The van der Waals surface area contributed by atoms with E-state index in [1.165, 1.54) is 6.42 Å². The molecule has 3 nitrogen and oxygen atoms in total. The number of likely N-dealkylation sites (N-methyl/N-ethyl adjacent to an activating group) is 1. The van der Waals surface area contributed by atoms with E-state index < -0.39 is 0 Å². The third-order valence-electron chi connectivity index (χ3n) is 3.51. The van der Waals surface area contributed by atoms with Crippen LogP contribution in [0.15, 0.2) is 54.3 Å². The quantitative estimate of drug-likeness (QED) is 0.710. The maximum Gasteiger partial charge on any atom is 0.0992 e. The van der Waals surface area contributed by atoms with Crippen LogP contribution < -0.4 is 9.80 Å². The lowest BCUT2D eigenvalue weighted by atomic mass is 10.1. The fraction of sp³-hybridized carbons (Fsp3) is 0.381. The second-order valence-corrected chi connectivity index (χ2v) is 6.01. The largest absolute Gasteiger partial charge is 0.371 e. The highest BCUT2D eigenvalue weighted by Gasteiger charge is 2.22. The molecule has 0 atom stereocenters. The Morgan fingerprint density at radius 1 is 1.29 bits per heavy atom. The van der Waals surface area contributed by atoms with Crippen LogP contribution in [-0.2, 0) is 0 Å². The minimum atomic E-state index is 0.684. The van der Waals surface area contributed by atoms with Crippen molar-refractivity contribution in [3.8, 4) is 6.07 Å². The van der Waals surface area contributed by atoms with Crippen molar-refractivity contribution in [3.63, 3.8) is 0 Å². The van der Waals surface area contributed by atoms with E-state index in [1.54, 1.807) is 0 Å². The van der Waals surface area contributed by atoms with Gasteiger partial charge in [-0.1, -0.05) is 38.5 Å². The summed E-state index contributed by atoms with van der Waals surface area (Å²) >= 11 is 0. The lowest BCUT2D eigenvalue weighted by Crippen LogP contribution is -2.38. The van der Waals surface area contributed by atoms with Gasteiger partial charge in [0.05, 0.1) is 23.0 Å². The van der Waals surface area contributed by atoms with Gasteiger partial charge in [-0.15, -0.1) is 0 Å². The Hall–Kier alpha value is -2.47. The van der Waals surface area contributed by atoms with Crippen LogP contribution >= 0.6 is 0 Å². The number of anilines is 2. The lowest BCUT2D eigenvalue weighted by Gasteiger charge is -2.37. The van der Waals surface area contributed by atoms with Crippen LogP contribution in [0.2, 0.25) is 0 Å². The molecule has 1 aliphatic heterocycles. The molecule has 2 rings (SSSR count). The Morgan fingerprint density at radius 3 is 2.50 bits per heavy atom. The summed E-state index contributed by atoms with van der Waals surface area (Å²) in [5, 5.41) is 9.15. The number of nitriles is 1. The Labute approximate surface area is 147 Å². The van der Waals surface area contributed by atoms with Crippen LogP contribution in [0.1, 0.15) is 39.7 Å². The summed E-state index contributed by atoms with van der Waals surface area (Å²) in [5.74, 6) is 0. The molecule has 0 saturated carbocycles. The van der Waals surface area contributed by atoms with Crippen molar-refractivity contribution in [1.82, 2.24) is 0 Å². The van der Waals surface area contributed by atoms with Gasteiger partial charge >= 0.3 is 0 Å². The maximum atomic E-state index is 9.15. The molecule has 0 unspecified atom stereocenters. The molecular formula is C21H29N3. The number of hydrogen-bond donors (Lipinski definition) is 0. The zero-order valence-corrected chi connectivity index (χ0v) is 15.6. The van der Waals surface area contributed by atoms with E-state index in [-0.39, 0.29) is 0 Å². The first-order valence-corrected chi connectivity index (χ1v) is 8.51. The Kier molecular flexibility index (Phi) is 7.85. The minimum absolute atomic E-state index is 0.684. The Bertz CT molecular complexity index is 662. The van der Waals surface area contributed by atoms with Gasteiger partial charge in [-0.3, -0.25) is 0 Å². The van der Waals surface area contributed by atoms with Gasteiger partial charge in [0.2, 0.25) is 0 Å². The van der Waals surface area contributed by atoms with Gasteiger partial charge in [0.25, 0.3) is 0 Å². The molecule has 1 aromatic rings. The van der Waals surface area contributed by atoms with E-state index in [0.29, 0.717) is 5.56 Å². The molecule has 0 fully saturated rings. The molecule has 0 aromatic heterocycles. The number of rotatable bonds is 3. The first kappa shape index (κ1) is 19.6. The summed E-state index contributed by atoms with van der Waals surface area (Å²) in [6.45, 7) is 14.1. The SMILES string of the molecule is C=C(C)/C=C(\C=C/C)N1CCN(C)c2ccc(C#N)cc21.CCC. The van der Waals surface area contributed by atoms with Gasteiger partial charge in [0.15, 0.2) is 0 Å². The first-order valence-electron chi connectivity index (χ1n) is 8.51. The molecule has 24 heavy (non-hydrogen) atoms. The predicted molar refractivity (Wildman–Crippen MR) is 105 cm³/mol. The number of fused-ring (bicyclic) bond motifs is 1. The third-order valence-corrected chi connectivity index (χ3v) is 3.51. The van der Waals surface area contributed by atoms with Crippen LogP contribution in [0.3, 0.4) is 0 Å². The maximum absolute atomic E-state index is 9.15. The number of hydrogen-bond acceptors (Lipinski definition) is 3. The van der Waals surface area contributed by atoms with E-state index >= 15 is 0 Å². The molecule has 0 spiro atoms. The van der Waals surface area contributed by atoms with E-state index in [0.717, 1.165) is 35.7 Å². The fourth-order valence-corrected chi connectivity index (χ4v) is 2.53. The van der Waals surface area contributed by atoms with Crippen molar-refractivity contribution >= 4 is 11.4 Å². The van der Waals surface area contributed by atoms with Crippen molar-refractivity contribution in [2.75, 3.05) is 29.9 Å². The van der Waals surface area contributed by atoms with Gasteiger partial charge < -0.3 is 9.80 Å². The zero-order chi connectivity index (χ0) is 18.1. The molecule has 128 valence electrons. The van der Waals surface area contributed by atoms with Crippen molar-refractivity contribution < 1.29 is 0 Å². The molecule has 1 aliphatic rings. The second kappa shape index (κ2) is 9.62. The highest BCUT2D eigenvalue weighted by atomic mass is 15.3. The zero-order valence-electron chi connectivity index (χ0n) is 15.6. The Balaban J connectivity index is 0.000000891. The summed E-state index contributed by atoms with van der Waals surface area (Å²) in [6.07, 6.45) is 7.44. The van der Waals surface area contributed by atoms with Gasteiger partial charge in [0.1, 0.15) is 0 Å².